The predicted octanol–water partition coefficient (Wildman–Crippen LogP) is 6.10. The van der Waals surface area contributed by atoms with Crippen molar-refractivity contribution in [2.75, 3.05) is 12.9 Å². The predicted molar refractivity (Wildman–Crippen MR) is 177 cm³/mol. The maximum absolute atomic E-state index is 13.8. The number of thioether (sulfide) groups is 1. The summed E-state index contributed by atoms with van der Waals surface area (Å²) < 4.78 is 7.29. The van der Waals surface area contributed by atoms with Crippen LogP contribution in [0.2, 0.25) is 0 Å². The fraction of sp³-hybridized carbons (Fsp3) is 0.206. The van der Waals surface area contributed by atoms with Gasteiger partial charge < -0.3 is 14.6 Å². The lowest BCUT2D eigenvalue weighted by Crippen LogP contribution is -2.28. The van der Waals surface area contributed by atoms with Gasteiger partial charge in [-0.05, 0) is 53.8 Å². The van der Waals surface area contributed by atoms with Gasteiger partial charge in [0.15, 0.2) is 11.0 Å². The van der Waals surface area contributed by atoms with Gasteiger partial charge in [0.05, 0.1) is 42.6 Å². The molecule has 3 aromatic carbocycles. The molecule has 0 aliphatic carbocycles. The second kappa shape index (κ2) is 13.9. The third kappa shape index (κ3) is 7.16. The number of rotatable bonds is 11. The van der Waals surface area contributed by atoms with Crippen molar-refractivity contribution in [2.24, 2.45) is 5.10 Å². The quantitative estimate of drug-likeness (QED) is 0.176. The molecule has 0 saturated heterocycles. The van der Waals surface area contributed by atoms with Crippen LogP contribution in [0, 0.1) is 6.92 Å². The summed E-state index contributed by atoms with van der Waals surface area (Å²) in [5.74, 6) is 1.17. The van der Waals surface area contributed by atoms with Crippen LogP contribution in [0.4, 0.5) is 0 Å². The van der Waals surface area contributed by atoms with Gasteiger partial charge in [-0.2, -0.15) is 5.10 Å². The van der Waals surface area contributed by atoms with Crippen LogP contribution in [0.15, 0.2) is 107 Å². The number of nitrogens with one attached hydrogen (secondary N) is 1. The van der Waals surface area contributed by atoms with Gasteiger partial charge in [0.2, 0.25) is 0 Å². The molecule has 0 radical (unpaired) electrons. The van der Waals surface area contributed by atoms with Crippen molar-refractivity contribution in [3.8, 4) is 5.75 Å². The number of hydrogen-bond donors (Lipinski definition) is 1. The Hall–Kier alpha value is -4.74. The molecule has 45 heavy (non-hydrogen) atoms. The average Bonchev–Trinajstić information content (AvgIpc) is 3.84. The molecule has 1 aliphatic heterocycles. The Morgan fingerprint density at radius 3 is 2.56 bits per heavy atom. The first kappa shape index (κ1) is 30.3. The van der Waals surface area contributed by atoms with Crippen molar-refractivity contribution in [1.82, 2.24) is 25.1 Å². The fourth-order valence-corrected chi connectivity index (χ4v) is 6.67. The molecule has 0 spiro atoms. The molecule has 0 bridgehead atoms. The molecule has 0 fully saturated rings. The normalized spacial score (nSPS) is 14.3. The van der Waals surface area contributed by atoms with E-state index in [2.05, 4.69) is 15.5 Å². The van der Waals surface area contributed by atoms with Gasteiger partial charge in [-0.1, -0.05) is 78.0 Å². The summed E-state index contributed by atoms with van der Waals surface area (Å²) in [6.45, 7) is 2.65. The lowest BCUT2D eigenvalue weighted by molar-refractivity contribution is -0.130. The minimum Gasteiger partial charge on any atom is -0.497 e. The first-order valence-electron chi connectivity index (χ1n) is 14.5. The Morgan fingerprint density at radius 2 is 1.82 bits per heavy atom. The molecular formula is C34H32N6O3S2. The molecule has 9 nitrogen and oxygen atoms in total. The van der Waals surface area contributed by atoms with E-state index in [9.17, 15) is 9.59 Å². The van der Waals surface area contributed by atoms with Crippen molar-refractivity contribution in [3.05, 3.63) is 129 Å². The van der Waals surface area contributed by atoms with Crippen LogP contribution in [0.5, 0.6) is 5.75 Å². The molecule has 0 saturated carbocycles. The fourth-order valence-electron chi connectivity index (χ4n) is 5.14. The number of hydrazone groups is 1. The van der Waals surface area contributed by atoms with E-state index in [4.69, 9.17) is 9.84 Å². The monoisotopic (exact) mass is 636 g/mol. The smallest absolute Gasteiger partial charge is 0.253 e. The van der Waals surface area contributed by atoms with Crippen molar-refractivity contribution in [1.29, 1.82) is 0 Å². The molecule has 1 N–H and O–H groups in total. The molecule has 2 aromatic heterocycles. The molecule has 3 heterocycles. The van der Waals surface area contributed by atoms with E-state index in [1.165, 1.54) is 11.8 Å². The molecule has 0 unspecified atom stereocenters. The highest BCUT2D eigenvalue weighted by Crippen LogP contribution is 2.35. The number of hydrogen-bond acceptors (Lipinski definition) is 8. The molecule has 1 aliphatic rings. The number of aromatic nitrogens is 3. The van der Waals surface area contributed by atoms with Gasteiger partial charge in [0.1, 0.15) is 5.75 Å². The standard InChI is InChI=1S/C34H32N6O3S2/c1-23-8-6-11-26(18-23)33(42)35-20-31-36-37-34(39(31)21-24-9-4-3-5-10-24)45-22-32(41)40-29(25-13-15-27(43-2)16-14-25)19-28(38-40)30-12-7-17-44-30/h3-18,29H,19-22H2,1-2H3,(H,35,42)/t29-/m0/s1. The molecule has 1 atom stereocenters. The summed E-state index contributed by atoms with van der Waals surface area (Å²) in [5, 5.41) is 20.8. The largest absolute Gasteiger partial charge is 0.497 e. The Labute approximate surface area is 270 Å². The topological polar surface area (TPSA) is 102 Å². The third-order valence-corrected chi connectivity index (χ3v) is 9.33. The summed E-state index contributed by atoms with van der Waals surface area (Å²) in [5.41, 5.74) is 4.54. The SMILES string of the molecule is COc1ccc([C@@H]2CC(c3cccs3)=NN2C(=O)CSc2nnc(CNC(=O)c3cccc(C)c3)n2Cc2ccccc2)cc1. The number of ether oxygens (including phenoxy) is 1. The highest BCUT2D eigenvalue weighted by molar-refractivity contribution is 7.99. The van der Waals surface area contributed by atoms with Gasteiger partial charge in [-0.3, -0.25) is 9.59 Å². The number of methoxy groups -OCH3 is 1. The molecule has 5 aromatic rings. The van der Waals surface area contributed by atoms with E-state index < -0.39 is 0 Å². The first-order valence-corrected chi connectivity index (χ1v) is 16.4. The highest BCUT2D eigenvalue weighted by atomic mass is 32.2. The van der Waals surface area contributed by atoms with Gasteiger partial charge in [0.25, 0.3) is 11.8 Å². The highest BCUT2D eigenvalue weighted by Gasteiger charge is 2.33. The lowest BCUT2D eigenvalue weighted by Gasteiger charge is -2.22. The molecule has 6 rings (SSSR count). The molecule has 2 amide bonds. The number of carbonyl (C=O) groups is 2. The van der Waals surface area contributed by atoms with Gasteiger partial charge >= 0.3 is 0 Å². The zero-order valence-electron chi connectivity index (χ0n) is 24.9. The van der Waals surface area contributed by atoms with E-state index in [0.717, 1.165) is 33.0 Å². The van der Waals surface area contributed by atoms with Gasteiger partial charge in [-0.25, -0.2) is 5.01 Å². The second-order valence-corrected chi connectivity index (χ2v) is 12.5. The van der Waals surface area contributed by atoms with E-state index in [0.29, 0.717) is 29.5 Å². The van der Waals surface area contributed by atoms with Crippen LogP contribution in [-0.2, 0) is 17.9 Å². The number of nitrogens with zero attached hydrogens (tertiary/aromatic N) is 5. The number of aryl methyl sites for hydroxylation is 1. The van der Waals surface area contributed by atoms with Crippen LogP contribution in [0.1, 0.15) is 50.2 Å². The Kier molecular flexibility index (Phi) is 9.37. The van der Waals surface area contributed by atoms with E-state index >= 15 is 0 Å². The Balaban J connectivity index is 1.21. The van der Waals surface area contributed by atoms with Crippen LogP contribution in [0.25, 0.3) is 0 Å². The van der Waals surface area contributed by atoms with Crippen LogP contribution in [0.3, 0.4) is 0 Å². The lowest BCUT2D eigenvalue weighted by atomic mass is 10.0. The summed E-state index contributed by atoms with van der Waals surface area (Å²) in [4.78, 5) is 27.7. The summed E-state index contributed by atoms with van der Waals surface area (Å²) in [6, 6.07) is 29.0. The summed E-state index contributed by atoms with van der Waals surface area (Å²) >= 11 is 2.93. The molecule has 228 valence electrons. The average molecular weight is 637 g/mol. The zero-order valence-corrected chi connectivity index (χ0v) is 26.6. The second-order valence-electron chi connectivity index (χ2n) is 10.6. The Bertz CT molecular complexity index is 1800. The third-order valence-electron chi connectivity index (χ3n) is 7.46. The van der Waals surface area contributed by atoms with Crippen molar-refractivity contribution in [3.63, 3.8) is 0 Å². The summed E-state index contributed by atoms with van der Waals surface area (Å²) in [7, 11) is 1.63. The summed E-state index contributed by atoms with van der Waals surface area (Å²) in [6.07, 6.45) is 0.623. The number of amides is 2. The van der Waals surface area contributed by atoms with Crippen molar-refractivity contribution >= 4 is 40.6 Å². The van der Waals surface area contributed by atoms with Crippen molar-refractivity contribution < 1.29 is 14.3 Å². The molecular weight excluding hydrogens is 605 g/mol. The molecule has 11 heteroatoms. The Morgan fingerprint density at radius 1 is 1.00 bits per heavy atom. The van der Waals surface area contributed by atoms with Gasteiger partial charge in [0, 0.05) is 12.0 Å². The van der Waals surface area contributed by atoms with Crippen LogP contribution < -0.4 is 10.1 Å². The maximum Gasteiger partial charge on any atom is 0.253 e. The van der Waals surface area contributed by atoms with Gasteiger partial charge in [-0.15, -0.1) is 21.5 Å². The van der Waals surface area contributed by atoms with E-state index in [-0.39, 0.29) is 30.2 Å². The van der Waals surface area contributed by atoms with E-state index in [1.807, 2.05) is 102 Å². The van der Waals surface area contributed by atoms with Crippen molar-refractivity contribution in [2.45, 2.75) is 37.6 Å². The van der Waals surface area contributed by atoms with Crippen LogP contribution >= 0.6 is 23.1 Å². The number of benzene rings is 3. The van der Waals surface area contributed by atoms with E-state index in [1.54, 1.807) is 29.5 Å². The maximum atomic E-state index is 13.8. The first-order chi connectivity index (χ1) is 22.0. The number of carbonyl (C=O) groups excluding carboxylic acids is 2. The zero-order chi connectivity index (χ0) is 31.2. The number of thiophene rings is 1. The van der Waals surface area contributed by atoms with Crippen LogP contribution in [-0.4, -0.2) is 50.2 Å². The minimum atomic E-state index is -0.226. The minimum absolute atomic E-state index is 0.121.